The molecule has 1 saturated heterocycles. The number of carbonyl (C=O) groups is 1. The number of aromatic hydroxyl groups is 1. The van der Waals surface area contributed by atoms with E-state index >= 15 is 0 Å². The average molecular weight is 481 g/mol. The largest absolute Gasteiger partial charge is 0.504 e. The first-order chi connectivity index (χ1) is 17.0. The van der Waals surface area contributed by atoms with E-state index in [9.17, 15) is 24.9 Å². The maximum Gasteiger partial charge on any atom is 0.258 e. The van der Waals surface area contributed by atoms with Gasteiger partial charge in [0, 0.05) is 48.1 Å². The number of ketones is 1. The van der Waals surface area contributed by atoms with Gasteiger partial charge in [0.05, 0.1) is 44.8 Å². The van der Waals surface area contributed by atoms with Crippen LogP contribution in [-0.2, 0) is 24.5 Å². The van der Waals surface area contributed by atoms with E-state index in [1.807, 2.05) is 0 Å². The summed E-state index contributed by atoms with van der Waals surface area (Å²) < 4.78 is 12.3. The molecular formula is C26H28N2O7. The fourth-order valence-electron chi connectivity index (χ4n) is 5.13. The lowest BCUT2D eigenvalue weighted by Crippen LogP contribution is -2.37. The number of hydrogen-bond acceptors (Lipinski definition) is 8. The summed E-state index contributed by atoms with van der Waals surface area (Å²) in [6.07, 6.45) is 0.693. The Hall–Kier alpha value is -3.24. The summed E-state index contributed by atoms with van der Waals surface area (Å²) in [7, 11) is 1.43. The van der Waals surface area contributed by atoms with Crippen molar-refractivity contribution < 1.29 is 29.6 Å². The summed E-state index contributed by atoms with van der Waals surface area (Å²) in [6, 6.07) is 6.14. The molecule has 184 valence electrons. The Labute approximate surface area is 201 Å². The predicted molar refractivity (Wildman–Crippen MR) is 129 cm³/mol. The van der Waals surface area contributed by atoms with Crippen LogP contribution in [0.15, 0.2) is 29.1 Å². The minimum absolute atomic E-state index is 0.156. The van der Waals surface area contributed by atoms with E-state index in [2.05, 4.69) is 4.90 Å². The topological polar surface area (TPSA) is 121 Å². The minimum atomic E-state index is -0.335. The van der Waals surface area contributed by atoms with Crippen LogP contribution in [0.5, 0.6) is 11.5 Å². The van der Waals surface area contributed by atoms with Crippen molar-refractivity contribution in [3.8, 4) is 22.8 Å². The lowest BCUT2D eigenvalue weighted by Gasteiger charge is -2.26. The molecule has 0 bridgehead atoms. The molecule has 0 spiro atoms. The zero-order valence-corrected chi connectivity index (χ0v) is 19.5. The van der Waals surface area contributed by atoms with E-state index in [1.165, 1.54) is 13.2 Å². The van der Waals surface area contributed by atoms with Crippen LogP contribution in [0.1, 0.15) is 33.5 Å². The second kappa shape index (κ2) is 9.43. The summed E-state index contributed by atoms with van der Waals surface area (Å²) in [4.78, 5) is 29.6. The number of carbonyl (C=O) groups excluding carboxylic acids is 1. The lowest BCUT2D eigenvalue weighted by molar-refractivity contribution is 0.0369. The number of rotatable bonds is 7. The van der Waals surface area contributed by atoms with Gasteiger partial charge in [-0.05, 0) is 41.8 Å². The van der Waals surface area contributed by atoms with Crippen molar-refractivity contribution in [3.63, 3.8) is 0 Å². The van der Waals surface area contributed by atoms with Crippen LogP contribution in [0.3, 0.4) is 0 Å². The summed E-state index contributed by atoms with van der Waals surface area (Å²) >= 11 is 0. The molecule has 1 aliphatic carbocycles. The van der Waals surface area contributed by atoms with E-state index in [-0.39, 0.29) is 36.1 Å². The highest BCUT2D eigenvalue weighted by Gasteiger charge is 2.34. The molecule has 3 N–H and O–H groups in total. The van der Waals surface area contributed by atoms with Gasteiger partial charge in [-0.3, -0.25) is 14.5 Å². The van der Waals surface area contributed by atoms with Crippen molar-refractivity contribution in [1.82, 2.24) is 9.47 Å². The van der Waals surface area contributed by atoms with Gasteiger partial charge in [-0.1, -0.05) is 0 Å². The van der Waals surface area contributed by atoms with Gasteiger partial charge in [-0.2, -0.15) is 0 Å². The lowest BCUT2D eigenvalue weighted by atomic mass is 9.97. The third-order valence-corrected chi connectivity index (χ3v) is 6.94. The number of phenols is 1. The quantitative estimate of drug-likeness (QED) is 0.365. The first-order valence-corrected chi connectivity index (χ1v) is 11.7. The standard InChI is InChI=1S/C26H28N2O7/c1-34-22-12-18-19(11-21(22)31)25(32)23-17-9-15(13-29)16(14-30)10-20(17)26(33)28(24(18)23)4-2-3-27-5-7-35-8-6-27/h9-12,29-31H,2-8,13-14H2,1H3. The number of aliphatic hydroxyl groups is 2. The van der Waals surface area contributed by atoms with Gasteiger partial charge in [0.1, 0.15) is 0 Å². The fraction of sp³-hybridized carbons (Fsp3) is 0.385. The molecule has 9 nitrogen and oxygen atoms in total. The molecule has 1 fully saturated rings. The molecule has 9 heteroatoms. The van der Waals surface area contributed by atoms with Crippen molar-refractivity contribution in [2.45, 2.75) is 26.2 Å². The van der Waals surface area contributed by atoms with E-state index in [0.29, 0.717) is 70.5 Å². The van der Waals surface area contributed by atoms with Crippen LogP contribution in [-0.4, -0.2) is 70.5 Å². The molecule has 1 aromatic heterocycles. The van der Waals surface area contributed by atoms with Gasteiger partial charge in [-0.15, -0.1) is 0 Å². The zero-order valence-electron chi connectivity index (χ0n) is 19.5. The van der Waals surface area contributed by atoms with Crippen LogP contribution < -0.4 is 10.3 Å². The maximum absolute atomic E-state index is 13.8. The summed E-state index contributed by atoms with van der Waals surface area (Å²) in [5.74, 6) is -0.249. The Morgan fingerprint density at radius 1 is 0.943 bits per heavy atom. The maximum atomic E-state index is 13.8. The van der Waals surface area contributed by atoms with Crippen molar-refractivity contribution in [2.24, 2.45) is 0 Å². The Bertz CT molecular complexity index is 1370. The van der Waals surface area contributed by atoms with Gasteiger partial charge in [0.2, 0.25) is 0 Å². The molecule has 0 saturated carbocycles. The van der Waals surface area contributed by atoms with Crippen molar-refractivity contribution in [1.29, 1.82) is 0 Å². The highest BCUT2D eigenvalue weighted by molar-refractivity contribution is 6.27. The predicted octanol–water partition coefficient (Wildman–Crippen LogP) is 1.63. The molecule has 2 heterocycles. The summed E-state index contributed by atoms with van der Waals surface area (Å²) in [5.41, 5.74) is 2.30. The number of methoxy groups -OCH3 is 1. The molecule has 5 rings (SSSR count). The molecule has 2 aliphatic rings. The number of pyridine rings is 1. The molecule has 2 aromatic carbocycles. The molecule has 0 radical (unpaired) electrons. The summed E-state index contributed by atoms with van der Waals surface area (Å²) in [5, 5.41) is 30.7. The molecule has 3 aromatic rings. The van der Waals surface area contributed by atoms with Gasteiger partial charge in [0.25, 0.3) is 5.56 Å². The second-order valence-corrected chi connectivity index (χ2v) is 8.87. The highest BCUT2D eigenvalue weighted by Crippen LogP contribution is 2.44. The summed E-state index contributed by atoms with van der Waals surface area (Å²) in [6.45, 7) is 3.56. The van der Waals surface area contributed by atoms with Crippen LogP contribution in [0.25, 0.3) is 22.0 Å². The molecule has 1 aliphatic heterocycles. The third-order valence-electron chi connectivity index (χ3n) is 6.94. The average Bonchev–Trinajstić information content (AvgIpc) is 3.16. The Morgan fingerprint density at radius 2 is 1.63 bits per heavy atom. The second-order valence-electron chi connectivity index (χ2n) is 8.87. The normalized spacial score (nSPS) is 15.5. The minimum Gasteiger partial charge on any atom is -0.504 e. The third kappa shape index (κ3) is 3.90. The number of aromatic nitrogens is 1. The van der Waals surface area contributed by atoms with Crippen LogP contribution >= 0.6 is 0 Å². The van der Waals surface area contributed by atoms with E-state index in [0.717, 1.165) is 19.6 Å². The number of morpholine rings is 1. The van der Waals surface area contributed by atoms with E-state index in [1.54, 1.807) is 22.8 Å². The van der Waals surface area contributed by atoms with Crippen LogP contribution in [0.4, 0.5) is 0 Å². The Balaban J connectivity index is 1.70. The van der Waals surface area contributed by atoms with Gasteiger partial charge in [0.15, 0.2) is 17.3 Å². The monoisotopic (exact) mass is 480 g/mol. The number of fused-ring (bicyclic) bond motifs is 5. The first-order valence-electron chi connectivity index (χ1n) is 11.7. The Morgan fingerprint density at radius 3 is 2.29 bits per heavy atom. The molecule has 35 heavy (non-hydrogen) atoms. The number of phenolic OH excluding ortho intramolecular Hbond substituents is 1. The smallest absolute Gasteiger partial charge is 0.258 e. The Kier molecular flexibility index (Phi) is 6.33. The highest BCUT2D eigenvalue weighted by atomic mass is 16.5. The van der Waals surface area contributed by atoms with Gasteiger partial charge in [-0.25, -0.2) is 0 Å². The number of ether oxygens (including phenoxy) is 2. The number of nitrogens with zero attached hydrogens (tertiary/aromatic N) is 2. The molecule has 0 atom stereocenters. The van der Waals surface area contributed by atoms with Crippen molar-refractivity contribution >= 4 is 16.6 Å². The van der Waals surface area contributed by atoms with Gasteiger partial charge < -0.3 is 29.4 Å². The molecular weight excluding hydrogens is 452 g/mol. The van der Waals surface area contributed by atoms with Gasteiger partial charge >= 0.3 is 0 Å². The van der Waals surface area contributed by atoms with E-state index in [4.69, 9.17) is 9.47 Å². The fourth-order valence-corrected chi connectivity index (χ4v) is 5.13. The SMILES string of the molecule is COc1cc2c(cc1O)C(=O)c1c-2n(CCCN2CCOCC2)c(=O)c2cc(CO)c(CO)cc12. The number of hydrogen-bond donors (Lipinski definition) is 3. The van der Waals surface area contributed by atoms with E-state index < -0.39 is 0 Å². The zero-order chi connectivity index (χ0) is 24.7. The molecule has 0 unspecified atom stereocenters. The van der Waals surface area contributed by atoms with Crippen LogP contribution in [0.2, 0.25) is 0 Å². The van der Waals surface area contributed by atoms with Crippen molar-refractivity contribution in [2.75, 3.05) is 40.0 Å². The van der Waals surface area contributed by atoms with Crippen LogP contribution in [0, 0.1) is 0 Å². The number of aliphatic hydroxyl groups excluding tert-OH is 2. The first kappa shape index (κ1) is 23.5. The molecule has 0 amide bonds. The van der Waals surface area contributed by atoms with Crippen molar-refractivity contribution in [3.05, 3.63) is 56.9 Å². The number of benzene rings is 2.